The molecule has 1 fully saturated rings. The second kappa shape index (κ2) is 9.43. The molecule has 0 aliphatic carbocycles. The van der Waals surface area contributed by atoms with Crippen molar-refractivity contribution in [2.24, 2.45) is 0 Å². The van der Waals surface area contributed by atoms with Crippen molar-refractivity contribution < 1.29 is 19.1 Å². The maximum Gasteiger partial charge on any atom is 0.321 e. The second-order valence-electron chi connectivity index (χ2n) is 6.13. The summed E-state index contributed by atoms with van der Waals surface area (Å²) in [6.07, 6.45) is -0.215. The summed E-state index contributed by atoms with van der Waals surface area (Å²) < 4.78 is 5.40. The highest BCUT2D eigenvalue weighted by Crippen LogP contribution is 2.16. The molecule has 0 spiro atoms. The number of likely N-dealkylation sites (tertiary alicyclic amines) is 1. The molecule has 3 atom stereocenters. The molecule has 0 unspecified atom stereocenters. The van der Waals surface area contributed by atoms with E-state index in [2.05, 4.69) is 21.3 Å². The third-order valence-electron chi connectivity index (χ3n) is 3.83. The molecule has 0 bridgehead atoms. The highest BCUT2D eigenvalue weighted by Gasteiger charge is 2.38. The molecule has 0 aromatic carbocycles. The number of hydrogen-bond acceptors (Lipinski definition) is 5. The number of imide groups is 1. The van der Waals surface area contributed by atoms with Crippen molar-refractivity contribution in [3.05, 3.63) is 0 Å². The van der Waals surface area contributed by atoms with E-state index in [-0.39, 0.29) is 30.1 Å². The van der Waals surface area contributed by atoms with E-state index in [1.165, 1.54) is 0 Å². The zero-order chi connectivity index (χ0) is 18.3. The highest BCUT2D eigenvalue weighted by atomic mass is 16.5. The van der Waals surface area contributed by atoms with Gasteiger partial charge in [0.2, 0.25) is 5.91 Å². The first-order chi connectivity index (χ1) is 11.3. The van der Waals surface area contributed by atoms with Crippen LogP contribution in [0, 0.1) is 0 Å². The van der Waals surface area contributed by atoms with Gasteiger partial charge in [-0.3, -0.25) is 15.0 Å². The number of urea groups is 2. The Morgan fingerprint density at radius 3 is 2.38 bits per heavy atom. The lowest BCUT2D eigenvalue weighted by Gasteiger charge is -2.23. The molecule has 0 saturated carbocycles. The zero-order valence-electron chi connectivity index (χ0n) is 15.0. The zero-order valence-corrected chi connectivity index (χ0v) is 15.0. The van der Waals surface area contributed by atoms with E-state index in [0.717, 1.165) is 0 Å². The summed E-state index contributed by atoms with van der Waals surface area (Å²) in [5.41, 5.74) is 0. The van der Waals surface area contributed by atoms with Crippen LogP contribution >= 0.6 is 0 Å². The standard InChI is InChI=1S/C15H29N5O4/c1-6-16-14(22)18-11-7-20(8-12(11)24-5)10(4)13(21)19-15(23)17-9(2)3/h9-12H,6-8H2,1-5H3,(H2,16,18,22)(H2,17,19,21,23)/t10-,11-,12-/m0/s1. The van der Waals surface area contributed by atoms with Gasteiger partial charge >= 0.3 is 12.1 Å². The number of amides is 5. The van der Waals surface area contributed by atoms with E-state index >= 15 is 0 Å². The molecule has 24 heavy (non-hydrogen) atoms. The fraction of sp³-hybridized carbons (Fsp3) is 0.800. The van der Waals surface area contributed by atoms with Crippen LogP contribution in [0.15, 0.2) is 0 Å². The average Bonchev–Trinajstić information content (AvgIpc) is 2.88. The minimum atomic E-state index is -0.513. The molecule has 9 heteroatoms. The number of methoxy groups -OCH3 is 1. The summed E-state index contributed by atoms with van der Waals surface area (Å²) >= 11 is 0. The van der Waals surface area contributed by atoms with Gasteiger partial charge in [0.25, 0.3) is 0 Å². The smallest absolute Gasteiger partial charge is 0.321 e. The van der Waals surface area contributed by atoms with Crippen LogP contribution in [-0.2, 0) is 9.53 Å². The Balaban J connectivity index is 2.58. The van der Waals surface area contributed by atoms with Crippen molar-refractivity contribution in [2.75, 3.05) is 26.7 Å². The van der Waals surface area contributed by atoms with Gasteiger partial charge in [0.1, 0.15) is 0 Å². The van der Waals surface area contributed by atoms with E-state index in [4.69, 9.17) is 4.74 Å². The molecule has 1 heterocycles. The first kappa shape index (κ1) is 20.2. The molecule has 138 valence electrons. The van der Waals surface area contributed by atoms with Crippen molar-refractivity contribution in [3.8, 4) is 0 Å². The minimum Gasteiger partial charge on any atom is -0.378 e. The number of rotatable bonds is 6. The minimum absolute atomic E-state index is 0.0524. The Kier molecular flexibility index (Phi) is 7.93. The Hall–Kier alpha value is -1.87. The van der Waals surface area contributed by atoms with Gasteiger partial charge < -0.3 is 20.7 Å². The SMILES string of the molecule is CCNC(=O)N[C@H]1CN([C@@H](C)C(=O)NC(=O)NC(C)C)C[C@@H]1OC. The molecule has 4 N–H and O–H groups in total. The van der Waals surface area contributed by atoms with Crippen LogP contribution in [0.3, 0.4) is 0 Å². The van der Waals surface area contributed by atoms with Gasteiger partial charge in [-0.25, -0.2) is 9.59 Å². The van der Waals surface area contributed by atoms with Gasteiger partial charge in [0.15, 0.2) is 0 Å². The van der Waals surface area contributed by atoms with Crippen LogP contribution in [0.5, 0.6) is 0 Å². The van der Waals surface area contributed by atoms with Gasteiger partial charge in [-0.15, -0.1) is 0 Å². The van der Waals surface area contributed by atoms with Crippen molar-refractivity contribution >= 4 is 18.0 Å². The van der Waals surface area contributed by atoms with Gasteiger partial charge in [0.05, 0.1) is 18.2 Å². The number of nitrogens with zero attached hydrogens (tertiary/aromatic N) is 1. The lowest BCUT2D eigenvalue weighted by atomic mass is 10.2. The maximum absolute atomic E-state index is 12.2. The second-order valence-corrected chi connectivity index (χ2v) is 6.13. The molecule has 1 aliphatic rings. The largest absolute Gasteiger partial charge is 0.378 e. The number of carbonyl (C=O) groups is 3. The van der Waals surface area contributed by atoms with E-state index in [9.17, 15) is 14.4 Å². The lowest BCUT2D eigenvalue weighted by Crippen LogP contribution is -2.51. The topological polar surface area (TPSA) is 112 Å². The van der Waals surface area contributed by atoms with E-state index < -0.39 is 12.1 Å². The summed E-state index contributed by atoms with van der Waals surface area (Å²) in [7, 11) is 1.57. The molecule has 1 rings (SSSR count). The summed E-state index contributed by atoms with van der Waals surface area (Å²) in [6.45, 7) is 8.68. The Labute approximate surface area is 142 Å². The molecular formula is C15H29N5O4. The van der Waals surface area contributed by atoms with E-state index in [0.29, 0.717) is 19.6 Å². The van der Waals surface area contributed by atoms with Crippen LogP contribution in [0.1, 0.15) is 27.7 Å². The van der Waals surface area contributed by atoms with Crippen molar-refractivity contribution in [3.63, 3.8) is 0 Å². The van der Waals surface area contributed by atoms with Gasteiger partial charge in [0, 0.05) is 32.8 Å². The third-order valence-corrected chi connectivity index (χ3v) is 3.83. The summed E-state index contributed by atoms with van der Waals surface area (Å²) in [5, 5.41) is 10.4. The third kappa shape index (κ3) is 5.97. The van der Waals surface area contributed by atoms with E-state index in [1.807, 2.05) is 25.7 Å². The van der Waals surface area contributed by atoms with Crippen molar-refractivity contribution in [1.82, 2.24) is 26.2 Å². The predicted molar refractivity (Wildman–Crippen MR) is 89.6 cm³/mol. The van der Waals surface area contributed by atoms with Gasteiger partial charge in [-0.2, -0.15) is 0 Å². The monoisotopic (exact) mass is 343 g/mol. The first-order valence-corrected chi connectivity index (χ1v) is 8.21. The normalized spacial score (nSPS) is 22.1. The molecule has 5 amide bonds. The van der Waals surface area contributed by atoms with Crippen molar-refractivity contribution in [2.45, 2.75) is 51.9 Å². The fourth-order valence-corrected chi connectivity index (χ4v) is 2.56. The van der Waals surface area contributed by atoms with Crippen LogP contribution in [0.25, 0.3) is 0 Å². The quantitative estimate of drug-likeness (QED) is 0.526. The van der Waals surface area contributed by atoms with Crippen LogP contribution in [0.2, 0.25) is 0 Å². The van der Waals surface area contributed by atoms with Crippen LogP contribution in [0.4, 0.5) is 9.59 Å². The molecule has 9 nitrogen and oxygen atoms in total. The van der Waals surface area contributed by atoms with Crippen LogP contribution in [-0.4, -0.2) is 73.8 Å². The summed E-state index contributed by atoms with van der Waals surface area (Å²) in [5.74, 6) is -0.387. The first-order valence-electron chi connectivity index (χ1n) is 8.21. The molecule has 0 aromatic heterocycles. The fourth-order valence-electron chi connectivity index (χ4n) is 2.56. The number of hydrogen-bond donors (Lipinski definition) is 4. The average molecular weight is 343 g/mol. The lowest BCUT2D eigenvalue weighted by molar-refractivity contribution is -0.124. The number of nitrogens with one attached hydrogen (secondary N) is 4. The number of carbonyl (C=O) groups excluding carboxylic acids is 3. The summed E-state index contributed by atoms with van der Waals surface area (Å²) in [4.78, 5) is 37.4. The molecule has 1 aliphatic heterocycles. The number of ether oxygens (including phenoxy) is 1. The van der Waals surface area contributed by atoms with Gasteiger partial charge in [-0.05, 0) is 27.7 Å². The molecule has 0 radical (unpaired) electrons. The summed E-state index contributed by atoms with van der Waals surface area (Å²) in [6, 6.07) is -1.56. The van der Waals surface area contributed by atoms with Crippen LogP contribution < -0.4 is 21.3 Å². The van der Waals surface area contributed by atoms with Gasteiger partial charge in [-0.1, -0.05) is 0 Å². The predicted octanol–water partition coefficient (Wildman–Crippen LogP) is -0.373. The Morgan fingerprint density at radius 1 is 1.17 bits per heavy atom. The Morgan fingerprint density at radius 2 is 1.83 bits per heavy atom. The Bertz CT molecular complexity index is 457. The molecule has 1 saturated heterocycles. The maximum atomic E-state index is 12.2. The van der Waals surface area contributed by atoms with E-state index in [1.54, 1.807) is 14.0 Å². The highest BCUT2D eigenvalue weighted by molar-refractivity contribution is 5.96. The molecular weight excluding hydrogens is 314 g/mol. The molecule has 0 aromatic rings. The van der Waals surface area contributed by atoms with Crippen molar-refractivity contribution in [1.29, 1.82) is 0 Å².